The van der Waals surface area contributed by atoms with Crippen LogP contribution < -0.4 is 5.73 Å². The molecule has 0 saturated heterocycles. The van der Waals surface area contributed by atoms with Gasteiger partial charge in [-0.1, -0.05) is 13.3 Å². The van der Waals surface area contributed by atoms with Crippen LogP contribution in [0.3, 0.4) is 0 Å². The summed E-state index contributed by atoms with van der Waals surface area (Å²) < 4.78 is 5.56. The lowest BCUT2D eigenvalue weighted by Crippen LogP contribution is -2.24. The zero-order valence-electron chi connectivity index (χ0n) is 11.1. The molecule has 0 aliphatic heterocycles. The van der Waals surface area contributed by atoms with Crippen LogP contribution in [-0.4, -0.2) is 12.1 Å². The van der Waals surface area contributed by atoms with Crippen LogP contribution in [0.5, 0.6) is 0 Å². The molecule has 1 aliphatic carbocycles. The SMILES string of the molecule is Cc1cc(C(=O)OC2CCCC(C)C2)ccc1N. The van der Waals surface area contributed by atoms with Crippen LogP contribution in [0.4, 0.5) is 5.69 Å². The molecule has 2 unspecified atom stereocenters. The number of nitrogen functional groups attached to an aromatic ring is 1. The van der Waals surface area contributed by atoms with Crippen LogP contribution in [0.1, 0.15) is 48.5 Å². The van der Waals surface area contributed by atoms with Crippen LogP contribution in [-0.2, 0) is 4.74 Å². The van der Waals surface area contributed by atoms with Gasteiger partial charge >= 0.3 is 5.97 Å². The third-order valence-electron chi connectivity index (χ3n) is 3.67. The van der Waals surface area contributed by atoms with Crippen molar-refractivity contribution in [2.75, 3.05) is 5.73 Å². The predicted octanol–water partition coefficient (Wildman–Crippen LogP) is 3.31. The summed E-state index contributed by atoms with van der Waals surface area (Å²) in [5, 5.41) is 0. The number of aryl methyl sites for hydroxylation is 1. The van der Waals surface area contributed by atoms with Crippen LogP contribution in [0.15, 0.2) is 18.2 Å². The van der Waals surface area contributed by atoms with Gasteiger partial charge in [-0.05, 0) is 55.9 Å². The van der Waals surface area contributed by atoms with Gasteiger partial charge in [0.15, 0.2) is 0 Å². The first-order chi connectivity index (χ1) is 8.56. The third-order valence-corrected chi connectivity index (χ3v) is 3.67. The number of hydrogen-bond donors (Lipinski definition) is 1. The molecule has 1 saturated carbocycles. The van der Waals surface area contributed by atoms with Gasteiger partial charge in [-0.3, -0.25) is 0 Å². The van der Waals surface area contributed by atoms with Gasteiger partial charge in [0, 0.05) is 5.69 Å². The molecule has 0 bridgehead atoms. The monoisotopic (exact) mass is 247 g/mol. The van der Waals surface area contributed by atoms with Crippen molar-refractivity contribution in [1.82, 2.24) is 0 Å². The second-order valence-electron chi connectivity index (χ2n) is 5.37. The molecular formula is C15H21NO2. The van der Waals surface area contributed by atoms with Crippen molar-refractivity contribution < 1.29 is 9.53 Å². The van der Waals surface area contributed by atoms with E-state index in [9.17, 15) is 4.79 Å². The van der Waals surface area contributed by atoms with Gasteiger partial charge < -0.3 is 10.5 Å². The highest BCUT2D eigenvalue weighted by Crippen LogP contribution is 2.26. The molecule has 3 nitrogen and oxygen atoms in total. The minimum Gasteiger partial charge on any atom is -0.459 e. The Morgan fingerprint density at radius 3 is 2.83 bits per heavy atom. The maximum Gasteiger partial charge on any atom is 0.338 e. The normalized spacial score (nSPS) is 23.7. The fourth-order valence-corrected chi connectivity index (χ4v) is 2.51. The highest BCUT2D eigenvalue weighted by atomic mass is 16.5. The quantitative estimate of drug-likeness (QED) is 0.644. The molecule has 2 N–H and O–H groups in total. The Morgan fingerprint density at radius 1 is 1.39 bits per heavy atom. The van der Waals surface area contributed by atoms with Gasteiger partial charge in [-0.25, -0.2) is 4.79 Å². The van der Waals surface area contributed by atoms with Crippen molar-refractivity contribution in [1.29, 1.82) is 0 Å². The number of nitrogens with two attached hydrogens (primary N) is 1. The molecule has 1 fully saturated rings. The van der Waals surface area contributed by atoms with Crippen molar-refractivity contribution in [3.63, 3.8) is 0 Å². The van der Waals surface area contributed by atoms with E-state index in [1.807, 2.05) is 6.92 Å². The fourth-order valence-electron chi connectivity index (χ4n) is 2.51. The van der Waals surface area contributed by atoms with E-state index in [0.717, 1.165) is 24.8 Å². The van der Waals surface area contributed by atoms with Crippen molar-refractivity contribution in [3.05, 3.63) is 29.3 Å². The average molecular weight is 247 g/mol. The summed E-state index contributed by atoms with van der Waals surface area (Å²) in [7, 11) is 0. The van der Waals surface area contributed by atoms with Crippen LogP contribution in [0, 0.1) is 12.8 Å². The first kappa shape index (κ1) is 12.9. The summed E-state index contributed by atoms with van der Waals surface area (Å²) in [6.07, 6.45) is 4.46. The molecule has 2 rings (SSSR count). The molecule has 2 atom stereocenters. The van der Waals surface area contributed by atoms with E-state index in [-0.39, 0.29) is 12.1 Å². The Labute approximate surface area is 108 Å². The molecule has 1 aromatic rings. The van der Waals surface area contributed by atoms with Gasteiger partial charge in [-0.15, -0.1) is 0 Å². The fraction of sp³-hybridized carbons (Fsp3) is 0.533. The second-order valence-corrected chi connectivity index (χ2v) is 5.37. The summed E-state index contributed by atoms with van der Waals surface area (Å²) in [6, 6.07) is 5.29. The highest BCUT2D eigenvalue weighted by molar-refractivity contribution is 5.90. The van der Waals surface area contributed by atoms with Crippen LogP contribution >= 0.6 is 0 Å². The number of anilines is 1. The molecule has 0 amide bonds. The van der Waals surface area contributed by atoms with Crippen molar-refractivity contribution >= 4 is 11.7 Å². The lowest BCUT2D eigenvalue weighted by atomic mass is 9.89. The smallest absolute Gasteiger partial charge is 0.338 e. The van der Waals surface area contributed by atoms with E-state index >= 15 is 0 Å². The van der Waals surface area contributed by atoms with Gasteiger partial charge in [0.25, 0.3) is 0 Å². The Balaban J connectivity index is 2.00. The van der Waals surface area contributed by atoms with E-state index in [0.29, 0.717) is 17.2 Å². The van der Waals surface area contributed by atoms with E-state index < -0.39 is 0 Å². The number of rotatable bonds is 2. The summed E-state index contributed by atoms with van der Waals surface area (Å²) in [6.45, 7) is 4.11. The van der Waals surface area contributed by atoms with Crippen molar-refractivity contribution in [2.24, 2.45) is 5.92 Å². The maximum atomic E-state index is 12.0. The van der Waals surface area contributed by atoms with Crippen molar-refractivity contribution in [3.8, 4) is 0 Å². The molecule has 98 valence electrons. The summed E-state index contributed by atoms with van der Waals surface area (Å²) in [5.74, 6) is 0.432. The number of esters is 1. The van der Waals surface area contributed by atoms with Crippen LogP contribution in [0.25, 0.3) is 0 Å². The summed E-state index contributed by atoms with van der Waals surface area (Å²) in [4.78, 5) is 12.0. The van der Waals surface area contributed by atoms with Crippen molar-refractivity contribution in [2.45, 2.75) is 45.6 Å². The van der Waals surface area contributed by atoms with E-state index in [2.05, 4.69) is 6.92 Å². The zero-order chi connectivity index (χ0) is 13.1. The first-order valence-electron chi connectivity index (χ1n) is 6.63. The predicted molar refractivity (Wildman–Crippen MR) is 72.4 cm³/mol. The number of carbonyl (C=O) groups is 1. The van der Waals surface area contributed by atoms with Gasteiger partial charge in [0.1, 0.15) is 6.10 Å². The lowest BCUT2D eigenvalue weighted by molar-refractivity contribution is 0.0155. The Hall–Kier alpha value is -1.51. The second kappa shape index (κ2) is 5.42. The maximum absolute atomic E-state index is 12.0. The Morgan fingerprint density at radius 2 is 2.17 bits per heavy atom. The lowest BCUT2D eigenvalue weighted by Gasteiger charge is -2.26. The number of hydrogen-bond acceptors (Lipinski definition) is 3. The Bertz CT molecular complexity index is 442. The van der Waals surface area contributed by atoms with E-state index in [4.69, 9.17) is 10.5 Å². The molecule has 1 aliphatic rings. The Kier molecular flexibility index (Phi) is 3.90. The summed E-state index contributed by atoms with van der Waals surface area (Å²) >= 11 is 0. The van der Waals surface area contributed by atoms with E-state index in [1.54, 1.807) is 18.2 Å². The molecule has 3 heteroatoms. The largest absolute Gasteiger partial charge is 0.459 e. The molecule has 18 heavy (non-hydrogen) atoms. The minimum atomic E-state index is -0.225. The molecule has 0 spiro atoms. The van der Waals surface area contributed by atoms with Gasteiger partial charge in [-0.2, -0.15) is 0 Å². The highest BCUT2D eigenvalue weighted by Gasteiger charge is 2.22. The molecular weight excluding hydrogens is 226 g/mol. The first-order valence-corrected chi connectivity index (χ1v) is 6.63. The molecule has 0 radical (unpaired) electrons. The van der Waals surface area contributed by atoms with E-state index in [1.165, 1.54) is 6.42 Å². The molecule has 0 heterocycles. The topological polar surface area (TPSA) is 52.3 Å². The van der Waals surface area contributed by atoms with Gasteiger partial charge in [0.05, 0.1) is 5.56 Å². The zero-order valence-corrected chi connectivity index (χ0v) is 11.1. The van der Waals surface area contributed by atoms with Crippen LogP contribution in [0.2, 0.25) is 0 Å². The molecule has 0 aromatic heterocycles. The third kappa shape index (κ3) is 3.03. The molecule has 1 aromatic carbocycles. The van der Waals surface area contributed by atoms with Gasteiger partial charge in [0.2, 0.25) is 0 Å². The average Bonchev–Trinajstić information content (AvgIpc) is 2.32. The standard InChI is InChI=1S/C15H21NO2/c1-10-4-3-5-13(8-10)18-15(17)12-6-7-14(16)11(2)9-12/h6-7,9-10,13H,3-5,8,16H2,1-2H3. The number of benzene rings is 1. The minimum absolute atomic E-state index is 0.0825. The summed E-state index contributed by atoms with van der Waals surface area (Å²) in [5.41, 5.74) is 7.96. The number of ether oxygens (including phenoxy) is 1. The number of carbonyl (C=O) groups excluding carboxylic acids is 1.